The van der Waals surface area contributed by atoms with Gasteiger partial charge in [0.2, 0.25) is 0 Å². The second-order valence-corrected chi connectivity index (χ2v) is 3.19. The van der Waals surface area contributed by atoms with Gasteiger partial charge in [0.15, 0.2) is 0 Å². The molecular formula is C8H9O3PZn. The van der Waals surface area contributed by atoms with Gasteiger partial charge in [-0.25, -0.2) is 0 Å². The Balaban J connectivity index is 0.00000144. The number of benzene rings is 1. The molecule has 0 heterocycles. The van der Waals surface area contributed by atoms with Crippen LogP contribution < -0.4 is 9.79 Å². The third kappa shape index (κ3) is 5.46. The van der Waals surface area contributed by atoms with Gasteiger partial charge in [-0.2, -0.15) is 8.60 Å². The molecule has 0 spiro atoms. The topological polar surface area (TPSA) is 55.3 Å². The first-order valence-corrected chi connectivity index (χ1v) is 4.61. The molecule has 1 aromatic carbocycles. The molecule has 0 bridgehead atoms. The average Bonchev–Trinajstić information content (AvgIpc) is 2.03. The van der Waals surface area contributed by atoms with Gasteiger partial charge in [0.25, 0.3) is 0 Å². The van der Waals surface area contributed by atoms with Crippen molar-refractivity contribution in [3.05, 3.63) is 35.4 Å². The maximum Gasteiger partial charge on any atom is 2.00 e. The third-order valence-corrected chi connectivity index (χ3v) is 1.80. The Labute approximate surface area is 91.5 Å². The Kier molecular flexibility index (Phi) is 6.66. The number of hydrogen-bond acceptors (Lipinski definition) is 3. The molecule has 13 heavy (non-hydrogen) atoms. The van der Waals surface area contributed by atoms with Gasteiger partial charge in [0.05, 0.1) is 6.61 Å². The minimum absolute atomic E-state index is 0. The predicted molar refractivity (Wildman–Crippen MR) is 42.9 cm³/mol. The van der Waals surface area contributed by atoms with E-state index < -0.39 is 8.60 Å². The molecule has 0 radical (unpaired) electrons. The van der Waals surface area contributed by atoms with E-state index in [-0.39, 0.29) is 26.1 Å². The first-order chi connectivity index (χ1) is 5.68. The normalized spacial score (nSPS) is 9.85. The van der Waals surface area contributed by atoms with E-state index in [1.807, 2.05) is 31.2 Å². The second kappa shape index (κ2) is 6.58. The molecule has 0 aliphatic rings. The van der Waals surface area contributed by atoms with Gasteiger partial charge in [0.1, 0.15) is 0 Å². The van der Waals surface area contributed by atoms with Gasteiger partial charge >= 0.3 is 19.5 Å². The van der Waals surface area contributed by atoms with Crippen LogP contribution in [-0.4, -0.2) is 0 Å². The molecule has 3 nitrogen and oxygen atoms in total. The van der Waals surface area contributed by atoms with Crippen LogP contribution in [0.2, 0.25) is 0 Å². The fourth-order valence-electron chi connectivity index (χ4n) is 0.812. The Morgan fingerprint density at radius 3 is 2.23 bits per heavy atom. The van der Waals surface area contributed by atoms with Crippen LogP contribution in [0.3, 0.4) is 0 Å². The second-order valence-electron chi connectivity index (χ2n) is 2.48. The van der Waals surface area contributed by atoms with Crippen molar-refractivity contribution < 1.29 is 33.8 Å². The van der Waals surface area contributed by atoms with Crippen molar-refractivity contribution in [2.75, 3.05) is 0 Å². The van der Waals surface area contributed by atoms with Crippen molar-refractivity contribution in [2.45, 2.75) is 13.5 Å². The van der Waals surface area contributed by atoms with Gasteiger partial charge in [-0.15, -0.1) is 0 Å². The van der Waals surface area contributed by atoms with Crippen LogP contribution in [0.5, 0.6) is 0 Å². The van der Waals surface area contributed by atoms with Crippen molar-refractivity contribution in [3.63, 3.8) is 0 Å². The Hall–Kier alpha value is 0.153. The van der Waals surface area contributed by atoms with E-state index in [9.17, 15) is 9.79 Å². The summed E-state index contributed by atoms with van der Waals surface area (Å²) in [6.07, 6.45) is 0. The molecule has 0 atom stereocenters. The van der Waals surface area contributed by atoms with Crippen LogP contribution in [0.25, 0.3) is 0 Å². The largest absolute Gasteiger partial charge is 2.00 e. The summed E-state index contributed by atoms with van der Waals surface area (Å²) in [5.41, 5.74) is 2.00. The summed E-state index contributed by atoms with van der Waals surface area (Å²) >= 11 is 0. The molecule has 5 heteroatoms. The summed E-state index contributed by atoms with van der Waals surface area (Å²) < 4.78 is 4.42. The molecule has 1 aromatic rings. The molecule has 1 rings (SSSR count). The fraction of sp³-hybridized carbons (Fsp3) is 0.250. The molecule has 0 unspecified atom stereocenters. The first kappa shape index (κ1) is 13.2. The van der Waals surface area contributed by atoms with Crippen LogP contribution in [0, 0.1) is 6.92 Å². The number of aryl methyl sites for hydroxylation is 1. The zero-order valence-electron chi connectivity index (χ0n) is 7.40. The van der Waals surface area contributed by atoms with Gasteiger partial charge in [-0.05, 0) is 12.5 Å². The summed E-state index contributed by atoms with van der Waals surface area (Å²) in [6.45, 7) is 2.09. The molecule has 0 saturated carbocycles. The zero-order valence-corrected chi connectivity index (χ0v) is 11.3. The van der Waals surface area contributed by atoms with Gasteiger partial charge in [-0.3, -0.25) is 0 Å². The van der Waals surface area contributed by atoms with Crippen molar-refractivity contribution in [1.82, 2.24) is 0 Å². The summed E-state index contributed by atoms with van der Waals surface area (Å²) in [6, 6.07) is 7.51. The minimum Gasteiger partial charge on any atom is -0.820 e. The SMILES string of the molecule is Cc1ccc(COP([O-])[O-])cc1.[Zn+2]. The molecule has 0 N–H and O–H groups in total. The monoisotopic (exact) mass is 248 g/mol. The smallest absolute Gasteiger partial charge is 0.820 e. The molecule has 66 valence electrons. The Morgan fingerprint density at radius 1 is 1.23 bits per heavy atom. The summed E-state index contributed by atoms with van der Waals surface area (Å²) in [5, 5.41) is 0. The van der Waals surface area contributed by atoms with Gasteiger partial charge < -0.3 is 14.3 Å². The molecule has 0 fully saturated rings. The molecular weight excluding hydrogens is 240 g/mol. The van der Waals surface area contributed by atoms with Crippen LogP contribution in [0.15, 0.2) is 24.3 Å². The standard InChI is InChI=1S/C8H9O3P.Zn/c1-7-2-4-8(5-3-7)6-11-12(9)10;/h2-5H,6H2,1H3;/q-2;+2. The predicted octanol–water partition coefficient (Wildman–Crippen LogP) is 0.457. The quantitative estimate of drug-likeness (QED) is 0.577. The van der Waals surface area contributed by atoms with E-state index in [1.54, 1.807) is 0 Å². The summed E-state index contributed by atoms with van der Waals surface area (Å²) in [5.74, 6) is 0. The zero-order chi connectivity index (χ0) is 8.97. The molecule has 0 saturated heterocycles. The number of hydrogen-bond donors (Lipinski definition) is 0. The maximum atomic E-state index is 10.1. The van der Waals surface area contributed by atoms with Crippen molar-refractivity contribution >= 4 is 8.60 Å². The van der Waals surface area contributed by atoms with Crippen LogP contribution in [0.4, 0.5) is 0 Å². The fourth-order valence-corrected chi connectivity index (χ4v) is 1.07. The van der Waals surface area contributed by atoms with Crippen LogP contribution >= 0.6 is 8.60 Å². The molecule has 0 amide bonds. The number of rotatable bonds is 3. The average molecular weight is 250 g/mol. The van der Waals surface area contributed by atoms with Gasteiger partial charge in [-0.1, -0.05) is 29.8 Å². The third-order valence-electron chi connectivity index (χ3n) is 1.46. The van der Waals surface area contributed by atoms with Crippen molar-refractivity contribution in [3.8, 4) is 0 Å². The van der Waals surface area contributed by atoms with Crippen LogP contribution in [0.1, 0.15) is 11.1 Å². The van der Waals surface area contributed by atoms with E-state index in [0.717, 1.165) is 11.1 Å². The van der Waals surface area contributed by atoms with E-state index in [2.05, 4.69) is 4.52 Å². The molecule has 0 aliphatic carbocycles. The van der Waals surface area contributed by atoms with E-state index in [1.165, 1.54) is 0 Å². The van der Waals surface area contributed by atoms with Gasteiger partial charge in [0, 0.05) is 0 Å². The maximum absolute atomic E-state index is 10.1. The molecule has 0 aliphatic heterocycles. The van der Waals surface area contributed by atoms with Crippen LogP contribution in [-0.2, 0) is 30.6 Å². The van der Waals surface area contributed by atoms with E-state index in [4.69, 9.17) is 0 Å². The first-order valence-electron chi connectivity index (χ1n) is 3.51. The van der Waals surface area contributed by atoms with E-state index >= 15 is 0 Å². The summed E-state index contributed by atoms with van der Waals surface area (Å²) in [4.78, 5) is 20.1. The van der Waals surface area contributed by atoms with E-state index in [0.29, 0.717) is 0 Å². The Bertz CT molecular complexity index is 238. The summed E-state index contributed by atoms with van der Waals surface area (Å²) in [7, 11) is -2.73. The Morgan fingerprint density at radius 2 is 1.77 bits per heavy atom. The van der Waals surface area contributed by atoms with Crippen molar-refractivity contribution in [1.29, 1.82) is 0 Å². The van der Waals surface area contributed by atoms with Crippen molar-refractivity contribution in [2.24, 2.45) is 0 Å². The molecule has 0 aromatic heterocycles. The minimum atomic E-state index is -2.73.